The van der Waals surface area contributed by atoms with Crippen molar-refractivity contribution in [1.82, 2.24) is 5.43 Å². The fourth-order valence-electron chi connectivity index (χ4n) is 1.85. The summed E-state index contributed by atoms with van der Waals surface area (Å²) in [6.07, 6.45) is 0. The van der Waals surface area contributed by atoms with Crippen molar-refractivity contribution in [3.05, 3.63) is 64.8 Å². The van der Waals surface area contributed by atoms with E-state index in [2.05, 4.69) is 59.9 Å². The average Bonchev–Trinajstić information content (AvgIpc) is 2.43. The first-order valence-electron chi connectivity index (χ1n) is 5.50. The van der Waals surface area contributed by atoms with Crippen LogP contribution in [0.3, 0.4) is 0 Å². The predicted molar refractivity (Wildman–Crippen MR) is 95.1 cm³/mol. The van der Waals surface area contributed by atoms with E-state index in [-0.39, 0.29) is 5.02 Å². The Morgan fingerprint density at radius 1 is 1.15 bits per heavy atom. The lowest BCUT2D eigenvalue weighted by Crippen LogP contribution is -2.30. The van der Waals surface area contributed by atoms with Crippen LogP contribution in [0.15, 0.2) is 39.3 Å². The summed E-state index contributed by atoms with van der Waals surface area (Å²) in [7, 11) is 0. The first-order valence-corrected chi connectivity index (χ1v) is 8.54. The molecule has 1 atom stereocenters. The van der Waals surface area contributed by atoms with Gasteiger partial charge in [-0.25, -0.2) is 9.82 Å². The minimum Gasteiger partial charge on any atom is -0.271 e. The molecule has 0 aliphatic rings. The molecule has 2 rings (SSSR count). The third-order valence-electron chi connectivity index (χ3n) is 2.81. The summed E-state index contributed by atoms with van der Waals surface area (Å²) in [6, 6.07) is 8.65. The number of hydrogen-bond acceptors (Lipinski definition) is 2. The van der Waals surface area contributed by atoms with Gasteiger partial charge >= 0.3 is 0 Å². The van der Waals surface area contributed by atoms with E-state index < -0.39 is 11.9 Å². The highest BCUT2D eigenvalue weighted by Gasteiger charge is 2.21. The molecule has 2 nitrogen and oxygen atoms in total. The SMILES string of the molecule is NNC(c1cc(I)ccc1Br)c1ccc(Br)c(Cl)c1F. The van der Waals surface area contributed by atoms with Crippen LogP contribution in [0.1, 0.15) is 17.2 Å². The molecule has 0 radical (unpaired) electrons. The fourth-order valence-corrected chi connectivity index (χ4v) is 3.32. The lowest BCUT2D eigenvalue weighted by Gasteiger charge is -2.20. The molecule has 7 heteroatoms. The van der Waals surface area contributed by atoms with Crippen LogP contribution < -0.4 is 11.3 Å². The summed E-state index contributed by atoms with van der Waals surface area (Å²) in [5, 5.41) is 0.0458. The van der Waals surface area contributed by atoms with E-state index in [9.17, 15) is 4.39 Å². The smallest absolute Gasteiger partial charge is 0.148 e. The number of hydrogen-bond donors (Lipinski definition) is 2. The van der Waals surface area contributed by atoms with Crippen LogP contribution in [0.25, 0.3) is 0 Å². The highest BCUT2D eigenvalue weighted by Crippen LogP contribution is 2.35. The standard InChI is InChI=1S/C13H9Br2ClFIN2/c14-9-3-1-6(18)5-8(9)13(20-19)7-2-4-10(15)11(16)12(7)17/h1-5,13,20H,19H2. The van der Waals surface area contributed by atoms with Crippen molar-refractivity contribution in [1.29, 1.82) is 0 Å². The number of nitrogens with two attached hydrogens (primary N) is 1. The summed E-state index contributed by atoms with van der Waals surface area (Å²) in [5.74, 6) is 5.13. The first kappa shape index (κ1) is 16.6. The normalized spacial score (nSPS) is 12.5. The number of rotatable bonds is 3. The van der Waals surface area contributed by atoms with Gasteiger partial charge < -0.3 is 0 Å². The Kier molecular flexibility index (Phi) is 5.84. The largest absolute Gasteiger partial charge is 0.271 e. The Bertz CT molecular complexity index is 655. The van der Waals surface area contributed by atoms with Crippen molar-refractivity contribution in [3.63, 3.8) is 0 Å². The molecule has 2 aromatic carbocycles. The summed E-state index contributed by atoms with van der Waals surface area (Å²) >= 11 is 14.8. The van der Waals surface area contributed by atoms with Gasteiger partial charge in [0.2, 0.25) is 0 Å². The van der Waals surface area contributed by atoms with Gasteiger partial charge in [-0.15, -0.1) is 0 Å². The van der Waals surface area contributed by atoms with E-state index in [1.165, 1.54) is 0 Å². The topological polar surface area (TPSA) is 38.0 Å². The van der Waals surface area contributed by atoms with Crippen LogP contribution in [0, 0.1) is 9.39 Å². The molecule has 3 N–H and O–H groups in total. The van der Waals surface area contributed by atoms with Crippen molar-refractivity contribution >= 4 is 66.1 Å². The molecule has 0 bridgehead atoms. The minimum atomic E-state index is -0.496. The van der Waals surface area contributed by atoms with Gasteiger partial charge in [-0.05, 0) is 68.3 Å². The molecule has 0 saturated carbocycles. The molecule has 2 aromatic rings. The van der Waals surface area contributed by atoms with Gasteiger partial charge in [0.1, 0.15) is 5.82 Å². The molecule has 0 spiro atoms. The van der Waals surface area contributed by atoms with Crippen LogP contribution in [-0.4, -0.2) is 0 Å². The summed E-state index contributed by atoms with van der Waals surface area (Å²) < 4.78 is 16.7. The maximum absolute atomic E-state index is 14.3. The summed E-state index contributed by atoms with van der Waals surface area (Å²) in [4.78, 5) is 0. The second-order valence-corrected chi connectivity index (χ2v) is 7.36. The lowest BCUT2D eigenvalue weighted by atomic mass is 9.99. The molecule has 0 aliphatic heterocycles. The van der Waals surface area contributed by atoms with Crippen molar-refractivity contribution in [2.45, 2.75) is 6.04 Å². The Balaban J connectivity index is 2.58. The van der Waals surface area contributed by atoms with E-state index in [0.29, 0.717) is 10.0 Å². The average molecular weight is 534 g/mol. The van der Waals surface area contributed by atoms with Gasteiger partial charge in [-0.2, -0.15) is 0 Å². The third-order valence-corrected chi connectivity index (χ3v) is 5.46. The van der Waals surface area contributed by atoms with Crippen molar-refractivity contribution in [2.24, 2.45) is 5.84 Å². The fraction of sp³-hybridized carbons (Fsp3) is 0.0769. The van der Waals surface area contributed by atoms with Crippen LogP contribution in [-0.2, 0) is 0 Å². The maximum atomic E-state index is 14.3. The van der Waals surface area contributed by atoms with E-state index in [4.69, 9.17) is 17.4 Å². The molecule has 0 saturated heterocycles. The molecular formula is C13H9Br2ClFIN2. The van der Waals surface area contributed by atoms with Gasteiger partial charge in [0.15, 0.2) is 0 Å². The summed E-state index contributed by atoms with van der Waals surface area (Å²) in [6.45, 7) is 0. The molecule has 0 aliphatic carbocycles. The van der Waals surface area contributed by atoms with E-state index >= 15 is 0 Å². The molecule has 0 heterocycles. The lowest BCUT2D eigenvalue weighted by molar-refractivity contribution is 0.559. The zero-order valence-corrected chi connectivity index (χ0v) is 16.0. The molecule has 0 fully saturated rings. The van der Waals surface area contributed by atoms with Crippen LogP contribution in [0.5, 0.6) is 0 Å². The highest BCUT2D eigenvalue weighted by atomic mass is 127. The van der Waals surface area contributed by atoms with Crippen molar-refractivity contribution < 1.29 is 4.39 Å². The Labute approximate surface area is 151 Å². The molecule has 0 amide bonds. The zero-order valence-electron chi connectivity index (χ0n) is 9.93. The molecular weight excluding hydrogens is 525 g/mol. The maximum Gasteiger partial charge on any atom is 0.148 e. The number of benzene rings is 2. The van der Waals surface area contributed by atoms with Crippen LogP contribution in [0.4, 0.5) is 4.39 Å². The number of halogens is 5. The van der Waals surface area contributed by atoms with E-state index in [1.54, 1.807) is 12.1 Å². The monoisotopic (exact) mass is 532 g/mol. The van der Waals surface area contributed by atoms with Crippen LogP contribution in [0.2, 0.25) is 5.02 Å². The molecule has 1 unspecified atom stereocenters. The minimum absolute atomic E-state index is 0.0458. The van der Waals surface area contributed by atoms with Gasteiger partial charge in [-0.3, -0.25) is 5.84 Å². The Morgan fingerprint density at radius 3 is 2.45 bits per heavy atom. The van der Waals surface area contributed by atoms with E-state index in [1.807, 2.05) is 18.2 Å². The summed E-state index contributed by atoms with van der Waals surface area (Å²) in [5.41, 5.74) is 3.88. The number of hydrazine groups is 1. The zero-order chi connectivity index (χ0) is 14.9. The molecule has 20 heavy (non-hydrogen) atoms. The van der Waals surface area contributed by atoms with Crippen LogP contribution >= 0.6 is 66.1 Å². The first-order chi connectivity index (χ1) is 9.45. The van der Waals surface area contributed by atoms with Gasteiger partial charge in [0.25, 0.3) is 0 Å². The molecule has 0 aromatic heterocycles. The second kappa shape index (κ2) is 7.02. The molecule has 106 valence electrons. The Morgan fingerprint density at radius 2 is 1.80 bits per heavy atom. The predicted octanol–water partition coefficient (Wildman–Crippen LogP) is 5.16. The van der Waals surface area contributed by atoms with Gasteiger partial charge in [0, 0.05) is 18.1 Å². The Hall–Kier alpha value is 0.270. The third kappa shape index (κ3) is 3.36. The quantitative estimate of drug-likeness (QED) is 0.247. The number of nitrogens with one attached hydrogen (secondary N) is 1. The van der Waals surface area contributed by atoms with Gasteiger partial charge in [-0.1, -0.05) is 33.6 Å². The van der Waals surface area contributed by atoms with Gasteiger partial charge in [0.05, 0.1) is 11.1 Å². The second-order valence-electron chi connectivity index (χ2n) is 4.03. The van der Waals surface area contributed by atoms with E-state index in [0.717, 1.165) is 13.6 Å². The van der Waals surface area contributed by atoms with Crippen molar-refractivity contribution in [2.75, 3.05) is 0 Å². The highest BCUT2D eigenvalue weighted by molar-refractivity contribution is 14.1. The van der Waals surface area contributed by atoms with Crippen molar-refractivity contribution in [3.8, 4) is 0 Å².